The van der Waals surface area contributed by atoms with Crippen LogP contribution >= 0.6 is 11.6 Å². The Morgan fingerprint density at radius 1 is 1.07 bits per heavy atom. The van der Waals surface area contributed by atoms with Crippen molar-refractivity contribution in [1.29, 1.82) is 5.26 Å². The van der Waals surface area contributed by atoms with Gasteiger partial charge >= 0.3 is 0 Å². The summed E-state index contributed by atoms with van der Waals surface area (Å²) in [6.45, 7) is 3.59. The SMILES string of the molecule is Cc1nc(Nc2cccc(C#N)c2)cc(C(=O)Nc2ccc(C)c(Cl)c2)n1. The van der Waals surface area contributed by atoms with Gasteiger partial charge in [0.2, 0.25) is 0 Å². The number of benzene rings is 2. The number of hydrogen-bond acceptors (Lipinski definition) is 5. The number of carbonyl (C=O) groups is 1. The van der Waals surface area contributed by atoms with Gasteiger partial charge in [-0.1, -0.05) is 23.7 Å². The Kier molecular flexibility index (Phi) is 5.34. The fourth-order valence-electron chi connectivity index (χ4n) is 2.43. The Morgan fingerprint density at radius 2 is 1.89 bits per heavy atom. The van der Waals surface area contributed by atoms with Crippen LogP contribution < -0.4 is 10.6 Å². The lowest BCUT2D eigenvalue weighted by molar-refractivity contribution is 0.102. The van der Waals surface area contributed by atoms with Crippen molar-refractivity contribution in [3.05, 3.63) is 76.2 Å². The van der Waals surface area contributed by atoms with E-state index in [1.807, 2.05) is 19.1 Å². The quantitative estimate of drug-likeness (QED) is 0.692. The second kappa shape index (κ2) is 7.85. The third-order valence-corrected chi connectivity index (χ3v) is 4.17. The number of rotatable bonds is 4. The highest BCUT2D eigenvalue weighted by Crippen LogP contribution is 2.21. The van der Waals surface area contributed by atoms with Crippen molar-refractivity contribution in [3.8, 4) is 6.07 Å². The molecule has 3 aromatic rings. The number of carbonyl (C=O) groups excluding carboxylic acids is 1. The number of aryl methyl sites for hydroxylation is 2. The highest BCUT2D eigenvalue weighted by atomic mass is 35.5. The van der Waals surface area contributed by atoms with Crippen LogP contribution in [0.1, 0.15) is 27.4 Å². The number of nitrogens with one attached hydrogen (secondary N) is 2. The van der Waals surface area contributed by atoms with Crippen LogP contribution in [0.4, 0.5) is 17.2 Å². The Labute approximate surface area is 161 Å². The number of hydrogen-bond donors (Lipinski definition) is 2. The molecule has 2 aromatic carbocycles. The van der Waals surface area contributed by atoms with Gasteiger partial charge in [0, 0.05) is 22.5 Å². The first kappa shape index (κ1) is 18.4. The molecule has 0 fully saturated rings. The zero-order valence-electron chi connectivity index (χ0n) is 14.7. The van der Waals surface area contributed by atoms with Crippen molar-refractivity contribution < 1.29 is 4.79 Å². The Balaban J connectivity index is 1.82. The fraction of sp³-hybridized carbons (Fsp3) is 0.100. The summed E-state index contributed by atoms with van der Waals surface area (Å²) in [5.74, 6) is 0.544. The van der Waals surface area contributed by atoms with E-state index in [0.717, 1.165) is 5.56 Å². The molecular formula is C20H16ClN5O. The van der Waals surface area contributed by atoms with Gasteiger partial charge in [0.05, 0.1) is 11.6 Å². The molecule has 0 radical (unpaired) electrons. The normalized spacial score (nSPS) is 10.1. The molecule has 0 atom stereocenters. The van der Waals surface area contributed by atoms with E-state index >= 15 is 0 Å². The molecule has 1 aromatic heterocycles. The molecule has 2 N–H and O–H groups in total. The summed E-state index contributed by atoms with van der Waals surface area (Å²) in [4.78, 5) is 21.0. The average Bonchev–Trinajstić information content (AvgIpc) is 2.64. The van der Waals surface area contributed by atoms with Gasteiger partial charge in [-0.25, -0.2) is 9.97 Å². The standard InChI is InChI=1S/C20H16ClN5O/c1-12-6-7-16(9-17(12)21)26-20(27)18-10-19(24-13(2)23-18)25-15-5-3-4-14(8-15)11-22/h3-10H,1-2H3,(H,26,27)(H,23,24,25). The monoisotopic (exact) mass is 377 g/mol. The molecule has 27 heavy (non-hydrogen) atoms. The lowest BCUT2D eigenvalue weighted by atomic mass is 10.2. The Morgan fingerprint density at radius 3 is 2.63 bits per heavy atom. The first-order chi connectivity index (χ1) is 12.9. The summed E-state index contributed by atoms with van der Waals surface area (Å²) < 4.78 is 0. The maximum absolute atomic E-state index is 12.6. The highest BCUT2D eigenvalue weighted by Gasteiger charge is 2.12. The number of anilines is 3. The molecule has 0 aliphatic rings. The van der Waals surface area contributed by atoms with Gasteiger partial charge < -0.3 is 10.6 Å². The van der Waals surface area contributed by atoms with Crippen LogP contribution in [0.15, 0.2) is 48.5 Å². The minimum atomic E-state index is -0.366. The average molecular weight is 378 g/mol. The van der Waals surface area contributed by atoms with E-state index in [2.05, 4.69) is 26.7 Å². The van der Waals surface area contributed by atoms with Crippen LogP contribution in [0.3, 0.4) is 0 Å². The number of halogens is 1. The van der Waals surface area contributed by atoms with E-state index in [0.29, 0.717) is 33.6 Å². The molecule has 134 valence electrons. The summed E-state index contributed by atoms with van der Waals surface area (Å²) in [6, 6.07) is 15.9. The van der Waals surface area contributed by atoms with Gasteiger partial charge in [0.25, 0.3) is 5.91 Å². The van der Waals surface area contributed by atoms with Gasteiger partial charge in [-0.15, -0.1) is 0 Å². The molecule has 0 unspecified atom stereocenters. The van der Waals surface area contributed by atoms with Gasteiger partial charge in [0.1, 0.15) is 17.3 Å². The summed E-state index contributed by atoms with van der Waals surface area (Å²) in [5, 5.41) is 15.4. The summed E-state index contributed by atoms with van der Waals surface area (Å²) in [6.07, 6.45) is 0. The molecule has 0 spiro atoms. The van der Waals surface area contributed by atoms with Crippen LogP contribution in [0.2, 0.25) is 5.02 Å². The number of nitrogens with zero attached hydrogens (tertiary/aromatic N) is 3. The topological polar surface area (TPSA) is 90.7 Å². The van der Waals surface area contributed by atoms with Crippen molar-refractivity contribution in [2.45, 2.75) is 13.8 Å². The maximum atomic E-state index is 12.6. The van der Waals surface area contributed by atoms with Crippen molar-refractivity contribution >= 4 is 34.7 Å². The van der Waals surface area contributed by atoms with Crippen molar-refractivity contribution in [3.63, 3.8) is 0 Å². The molecule has 7 heteroatoms. The van der Waals surface area contributed by atoms with E-state index in [1.165, 1.54) is 0 Å². The third kappa shape index (κ3) is 4.60. The van der Waals surface area contributed by atoms with Crippen LogP contribution in [-0.4, -0.2) is 15.9 Å². The predicted octanol–water partition coefficient (Wildman–Crippen LogP) is 4.61. The van der Waals surface area contributed by atoms with Gasteiger partial charge in [0.15, 0.2) is 0 Å². The van der Waals surface area contributed by atoms with E-state index in [9.17, 15) is 4.79 Å². The Bertz CT molecular complexity index is 1060. The van der Waals surface area contributed by atoms with Crippen molar-refractivity contribution in [2.24, 2.45) is 0 Å². The van der Waals surface area contributed by atoms with E-state index in [-0.39, 0.29) is 11.6 Å². The number of amides is 1. The van der Waals surface area contributed by atoms with Gasteiger partial charge in [-0.3, -0.25) is 4.79 Å². The molecule has 0 aliphatic carbocycles. The zero-order chi connectivity index (χ0) is 19.4. The summed E-state index contributed by atoms with van der Waals surface area (Å²) in [5.41, 5.74) is 2.96. The van der Waals surface area contributed by atoms with Crippen molar-refractivity contribution in [1.82, 2.24) is 9.97 Å². The molecule has 1 amide bonds. The molecule has 0 saturated carbocycles. The van der Waals surface area contributed by atoms with Crippen LogP contribution in [-0.2, 0) is 0 Å². The summed E-state index contributed by atoms with van der Waals surface area (Å²) >= 11 is 6.10. The van der Waals surface area contributed by atoms with Gasteiger partial charge in [-0.2, -0.15) is 5.26 Å². The molecule has 1 heterocycles. The van der Waals surface area contributed by atoms with Crippen LogP contribution in [0.25, 0.3) is 0 Å². The number of aromatic nitrogens is 2. The van der Waals surface area contributed by atoms with Gasteiger partial charge in [-0.05, 0) is 49.7 Å². The highest BCUT2D eigenvalue weighted by molar-refractivity contribution is 6.31. The van der Waals surface area contributed by atoms with Crippen LogP contribution in [0.5, 0.6) is 0 Å². The maximum Gasteiger partial charge on any atom is 0.274 e. The smallest absolute Gasteiger partial charge is 0.274 e. The second-order valence-electron chi connectivity index (χ2n) is 5.92. The van der Waals surface area contributed by atoms with Crippen molar-refractivity contribution in [2.75, 3.05) is 10.6 Å². The van der Waals surface area contributed by atoms with E-state index in [1.54, 1.807) is 43.3 Å². The van der Waals surface area contributed by atoms with E-state index < -0.39 is 0 Å². The summed E-state index contributed by atoms with van der Waals surface area (Å²) in [7, 11) is 0. The molecule has 3 rings (SSSR count). The second-order valence-corrected chi connectivity index (χ2v) is 6.33. The molecule has 6 nitrogen and oxygen atoms in total. The zero-order valence-corrected chi connectivity index (χ0v) is 15.5. The fourth-order valence-corrected chi connectivity index (χ4v) is 2.61. The lowest BCUT2D eigenvalue weighted by Gasteiger charge is -2.10. The minimum Gasteiger partial charge on any atom is -0.340 e. The molecular weight excluding hydrogens is 362 g/mol. The first-order valence-electron chi connectivity index (χ1n) is 8.15. The van der Waals surface area contributed by atoms with E-state index in [4.69, 9.17) is 16.9 Å². The third-order valence-electron chi connectivity index (χ3n) is 3.76. The molecule has 0 saturated heterocycles. The Hall–Kier alpha value is -3.43. The minimum absolute atomic E-state index is 0.220. The molecule has 0 bridgehead atoms. The van der Waals surface area contributed by atoms with Crippen LogP contribution in [0, 0.1) is 25.2 Å². The lowest BCUT2D eigenvalue weighted by Crippen LogP contribution is -2.15. The number of nitriles is 1. The first-order valence-corrected chi connectivity index (χ1v) is 8.53. The predicted molar refractivity (Wildman–Crippen MR) is 105 cm³/mol. The largest absolute Gasteiger partial charge is 0.340 e. The molecule has 0 aliphatic heterocycles.